The lowest BCUT2D eigenvalue weighted by atomic mass is 9.96. The SMILES string of the molecule is Cc1cc(NC(=O)CCNC(=O)C(C)(C)C)ccc1Oc1cccnc1. The summed E-state index contributed by atoms with van der Waals surface area (Å²) in [5.74, 6) is 1.13. The molecule has 0 spiro atoms. The Hall–Kier alpha value is -2.89. The first kappa shape index (κ1) is 19.4. The van der Waals surface area contributed by atoms with Crippen LogP contribution in [0.3, 0.4) is 0 Å². The molecule has 2 rings (SSSR count). The number of rotatable bonds is 6. The highest BCUT2D eigenvalue weighted by molar-refractivity contribution is 5.91. The monoisotopic (exact) mass is 355 g/mol. The van der Waals surface area contributed by atoms with Crippen LogP contribution < -0.4 is 15.4 Å². The van der Waals surface area contributed by atoms with E-state index >= 15 is 0 Å². The van der Waals surface area contributed by atoms with Crippen molar-refractivity contribution in [2.24, 2.45) is 5.41 Å². The van der Waals surface area contributed by atoms with E-state index < -0.39 is 5.41 Å². The van der Waals surface area contributed by atoms with Gasteiger partial charge in [0.15, 0.2) is 0 Å². The number of benzene rings is 1. The van der Waals surface area contributed by atoms with Gasteiger partial charge in [0.25, 0.3) is 0 Å². The van der Waals surface area contributed by atoms with Gasteiger partial charge in [0, 0.05) is 30.3 Å². The lowest BCUT2D eigenvalue weighted by molar-refractivity contribution is -0.128. The molecule has 0 radical (unpaired) electrons. The number of amides is 2. The van der Waals surface area contributed by atoms with Crippen molar-refractivity contribution in [3.05, 3.63) is 48.3 Å². The zero-order valence-corrected chi connectivity index (χ0v) is 15.6. The number of aryl methyl sites for hydroxylation is 1. The van der Waals surface area contributed by atoms with Gasteiger partial charge in [0.2, 0.25) is 11.8 Å². The average molecular weight is 355 g/mol. The van der Waals surface area contributed by atoms with E-state index in [2.05, 4.69) is 15.6 Å². The summed E-state index contributed by atoms with van der Waals surface area (Å²) in [6.45, 7) is 7.72. The number of anilines is 1. The van der Waals surface area contributed by atoms with Gasteiger partial charge in [-0.25, -0.2) is 0 Å². The van der Waals surface area contributed by atoms with E-state index in [1.54, 1.807) is 30.6 Å². The minimum atomic E-state index is -0.461. The Labute approximate surface area is 154 Å². The summed E-state index contributed by atoms with van der Waals surface area (Å²) >= 11 is 0. The van der Waals surface area contributed by atoms with Gasteiger partial charge < -0.3 is 15.4 Å². The van der Waals surface area contributed by atoms with Crippen LogP contribution in [0, 0.1) is 12.3 Å². The molecule has 0 aliphatic carbocycles. The van der Waals surface area contributed by atoms with Gasteiger partial charge in [-0.15, -0.1) is 0 Å². The van der Waals surface area contributed by atoms with E-state index in [9.17, 15) is 9.59 Å². The summed E-state index contributed by atoms with van der Waals surface area (Å²) in [6.07, 6.45) is 3.54. The normalized spacial score (nSPS) is 10.9. The maximum absolute atomic E-state index is 12.0. The molecule has 6 nitrogen and oxygen atoms in total. The molecule has 6 heteroatoms. The highest BCUT2D eigenvalue weighted by Gasteiger charge is 2.20. The minimum Gasteiger partial charge on any atom is -0.455 e. The zero-order valence-electron chi connectivity index (χ0n) is 15.6. The van der Waals surface area contributed by atoms with Crippen molar-refractivity contribution in [1.82, 2.24) is 10.3 Å². The number of carbonyl (C=O) groups is 2. The second kappa shape index (κ2) is 8.47. The van der Waals surface area contributed by atoms with Gasteiger partial charge in [-0.2, -0.15) is 0 Å². The van der Waals surface area contributed by atoms with Crippen LogP contribution in [0.2, 0.25) is 0 Å². The lowest BCUT2D eigenvalue weighted by Gasteiger charge is -2.17. The molecular formula is C20H25N3O3. The molecule has 0 atom stereocenters. The fraction of sp³-hybridized carbons (Fsp3) is 0.350. The molecule has 1 aromatic carbocycles. The molecule has 138 valence electrons. The predicted octanol–water partition coefficient (Wildman–Crippen LogP) is 3.67. The summed E-state index contributed by atoms with van der Waals surface area (Å²) in [6, 6.07) is 9.06. The largest absolute Gasteiger partial charge is 0.455 e. The Balaban J connectivity index is 1.87. The molecular weight excluding hydrogens is 330 g/mol. The third-order valence-corrected chi connectivity index (χ3v) is 3.64. The smallest absolute Gasteiger partial charge is 0.226 e. The van der Waals surface area contributed by atoms with Crippen molar-refractivity contribution in [1.29, 1.82) is 0 Å². The first-order valence-electron chi connectivity index (χ1n) is 8.52. The van der Waals surface area contributed by atoms with Crippen LogP contribution >= 0.6 is 0 Å². The Morgan fingerprint density at radius 1 is 1.19 bits per heavy atom. The van der Waals surface area contributed by atoms with E-state index in [0.29, 0.717) is 23.7 Å². The van der Waals surface area contributed by atoms with Crippen molar-refractivity contribution in [2.75, 3.05) is 11.9 Å². The van der Waals surface area contributed by atoms with E-state index in [1.165, 1.54) is 0 Å². The number of pyridine rings is 1. The molecule has 1 heterocycles. The van der Waals surface area contributed by atoms with Crippen molar-refractivity contribution < 1.29 is 14.3 Å². The van der Waals surface area contributed by atoms with Crippen LogP contribution in [0.5, 0.6) is 11.5 Å². The molecule has 0 bridgehead atoms. The van der Waals surface area contributed by atoms with Gasteiger partial charge >= 0.3 is 0 Å². The Morgan fingerprint density at radius 2 is 1.96 bits per heavy atom. The second-order valence-electron chi connectivity index (χ2n) is 7.08. The van der Waals surface area contributed by atoms with Crippen molar-refractivity contribution in [2.45, 2.75) is 34.1 Å². The molecule has 0 aliphatic rings. The summed E-state index contributed by atoms with van der Waals surface area (Å²) in [5.41, 5.74) is 1.12. The molecule has 26 heavy (non-hydrogen) atoms. The third kappa shape index (κ3) is 5.88. The summed E-state index contributed by atoms with van der Waals surface area (Å²) in [4.78, 5) is 27.8. The van der Waals surface area contributed by atoms with Gasteiger partial charge in [0.05, 0.1) is 6.20 Å². The van der Waals surface area contributed by atoms with Gasteiger partial charge in [0.1, 0.15) is 11.5 Å². The number of hydrogen-bond donors (Lipinski definition) is 2. The fourth-order valence-electron chi connectivity index (χ4n) is 2.15. The Bertz CT molecular complexity index is 768. The number of aromatic nitrogens is 1. The number of carbonyl (C=O) groups excluding carboxylic acids is 2. The minimum absolute atomic E-state index is 0.0713. The lowest BCUT2D eigenvalue weighted by Crippen LogP contribution is -2.36. The molecule has 2 N–H and O–H groups in total. The number of nitrogens with zero attached hydrogens (tertiary/aromatic N) is 1. The molecule has 0 saturated carbocycles. The number of hydrogen-bond acceptors (Lipinski definition) is 4. The standard InChI is InChI=1S/C20H25N3O3/c1-14-12-15(7-8-17(14)26-16-6-5-10-21-13-16)23-18(24)9-11-22-19(25)20(2,3)4/h5-8,10,12-13H,9,11H2,1-4H3,(H,22,25)(H,23,24). The predicted molar refractivity (Wildman–Crippen MR) is 101 cm³/mol. The van der Waals surface area contributed by atoms with Crippen molar-refractivity contribution in [3.63, 3.8) is 0 Å². The Morgan fingerprint density at radius 3 is 2.58 bits per heavy atom. The summed E-state index contributed by atoms with van der Waals surface area (Å²) < 4.78 is 5.77. The fourth-order valence-corrected chi connectivity index (χ4v) is 2.15. The van der Waals surface area contributed by atoms with Crippen LogP contribution in [0.25, 0.3) is 0 Å². The first-order valence-corrected chi connectivity index (χ1v) is 8.52. The van der Waals surface area contributed by atoms with E-state index in [4.69, 9.17) is 4.74 Å². The highest BCUT2D eigenvalue weighted by atomic mass is 16.5. The van der Waals surface area contributed by atoms with Crippen molar-refractivity contribution >= 4 is 17.5 Å². The average Bonchev–Trinajstić information content (AvgIpc) is 2.57. The number of ether oxygens (including phenoxy) is 1. The van der Waals surface area contributed by atoms with Gasteiger partial charge in [-0.1, -0.05) is 20.8 Å². The first-order chi connectivity index (χ1) is 12.3. The van der Waals surface area contributed by atoms with Crippen LogP contribution in [0.4, 0.5) is 5.69 Å². The van der Waals surface area contributed by atoms with Crippen molar-refractivity contribution in [3.8, 4) is 11.5 Å². The van der Waals surface area contributed by atoms with Gasteiger partial charge in [-0.05, 0) is 42.8 Å². The summed E-state index contributed by atoms with van der Waals surface area (Å²) in [5, 5.41) is 5.59. The third-order valence-electron chi connectivity index (χ3n) is 3.64. The van der Waals surface area contributed by atoms with E-state index in [1.807, 2.05) is 39.8 Å². The maximum Gasteiger partial charge on any atom is 0.226 e. The van der Waals surface area contributed by atoms with Gasteiger partial charge in [-0.3, -0.25) is 14.6 Å². The maximum atomic E-state index is 12.0. The number of nitrogens with one attached hydrogen (secondary N) is 2. The molecule has 0 saturated heterocycles. The van der Waals surface area contributed by atoms with E-state index in [-0.39, 0.29) is 18.2 Å². The quantitative estimate of drug-likeness (QED) is 0.828. The molecule has 1 aromatic heterocycles. The van der Waals surface area contributed by atoms with Crippen LogP contribution in [-0.2, 0) is 9.59 Å². The zero-order chi connectivity index (χ0) is 19.2. The van der Waals surface area contributed by atoms with Crippen LogP contribution in [0.1, 0.15) is 32.8 Å². The van der Waals surface area contributed by atoms with E-state index in [0.717, 1.165) is 5.56 Å². The molecule has 0 aliphatic heterocycles. The molecule has 2 aromatic rings. The molecule has 0 unspecified atom stereocenters. The molecule has 2 amide bonds. The second-order valence-corrected chi connectivity index (χ2v) is 7.08. The van der Waals surface area contributed by atoms with Crippen LogP contribution in [-0.4, -0.2) is 23.3 Å². The topological polar surface area (TPSA) is 80.3 Å². The Kier molecular flexibility index (Phi) is 6.33. The highest BCUT2D eigenvalue weighted by Crippen LogP contribution is 2.26. The summed E-state index contributed by atoms with van der Waals surface area (Å²) in [7, 11) is 0. The molecule has 0 fully saturated rings. The van der Waals surface area contributed by atoms with Crippen LogP contribution in [0.15, 0.2) is 42.7 Å².